The zero-order valence-electron chi connectivity index (χ0n) is 24.4. The predicted octanol–water partition coefficient (Wildman–Crippen LogP) is 6.19. The van der Waals surface area contributed by atoms with Crippen LogP contribution in [0.15, 0.2) is 28.2 Å². The highest BCUT2D eigenvalue weighted by Crippen LogP contribution is 2.39. The Labute approximate surface area is 220 Å². The van der Waals surface area contributed by atoms with Gasteiger partial charge >= 0.3 is 0 Å². The van der Waals surface area contributed by atoms with Crippen LogP contribution in [-0.4, -0.2) is 70.9 Å². The molecule has 0 fully saturated rings. The van der Waals surface area contributed by atoms with Crippen LogP contribution in [0.4, 0.5) is 0 Å². The highest BCUT2D eigenvalue weighted by molar-refractivity contribution is 6.74. The van der Waals surface area contributed by atoms with E-state index in [0.29, 0.717) is 36.4 Å². The van der Waals surface area contributed by atoms with Crippen molar-refractivity contribution in [2.75, 3.05) is 13.2 Å². The second kappa shape index (κ2) is 10.3. The molecule has 2 aliphatic rings. The van der Waals surface area contributed by atoms with Gasteiger partial charge in [0.05, 0.1) is 12.2 Å². The Bertz CT molecular complexity index is 920. The fraction of sp³-hybridized carbons (Fsp3) is 0.741. The van der Waals surface area contributed by atoms with E-state index in [0.717, 1.165) is 0 Å². The minimum absolute atomic E-state index is 0.0164. The summed E-state index contributed by atoms with van der Waals surface area (Å²) in [7, 11) is -3.77. The first-order valence-corrected chi connectivity index (χ1v) is 19.0. The number of ether oxygens (including phenoxy) is 2. The predicted molar refractivity (Wildman–Crippen MR) is 152 cm³/mol. The zero-order chi connectivity index (χ0) is 27.1. The summed E-state index contributed by atoms with van der Waals surface area (Å²) >= 11 is 0. The van der Waals surface area contributed by atoms with Crippen molar-refractivity contribution in [3.05, 3.63) is 29.6 Å². The van der Waals surface area contributed by atoms with E-state index < -0.39 is 16.6 Å². The SMILES string of the molecule is CC(O[Si](C)(C)C(C)(C)C)[C@H]1COC(c2cccc(C3=N[C@@H](C(C)O[Si](C)(C)C(C)(C)C)CO3)n2)=N1. The van der Waals surface area contributed by atoms with Crippen LogP contribution in [0.3, 0.4) is 0 Å². The van der Waals surface area contributed by atoms with Crippen molar-refractivity contribution in [3.8, 4) is 0 Å². The van der Waals surface area contributed by atoms with Crippen LogP contribution >= 0.6 is 0 Å². The van der Waals surface area contributed by atoms with E-state index in [1.807, 2.05) is 18.2 Å². The fourth-order valence-corrected chi connectivity index (χ4v) is 6.53. The van der Waals surface area contributed by atoms with Gasteiger partial charge in [-0.15, -0.1) is 0 Å². The number of hydrogen-bond donors (Lipinski definition) is 0. The topological polar surface area (TPSA) is 74.5 Å². The number of nitrogens with zero attached hydrogens (tertiary/aromatic N) is 3. The van der Waals surface area contributed by atoms with Gasteiger partial charge in [-0.25, -0.2) is 15.0 Å². The minimum atomic E-state index is -1.89. The van der Waals surface area contributed by atoms with Gasteiger partial charge < -0.3 is 18.3 Å². The van der Waals surface area contributed by atoms with E-state index in [4.69, 9.17) is 33.3 Å². The Morgan fingerprint density at radius 1 is 0.750 bits per heavy atom. The third-order valence-electron chi connectivity index (χ3n) is 8.19. The summed E-state index contributed by atoms with van der Waals surface area (Å²) in [6.45, 7) is 27.8. The number of aromatic nitrogens is 1. The van der Waals surface area contributed by atoms with Crippen LogP contribution in [0.25, 0.3) is 0 Å². The molecule has 0 aliphatic carbocycles. The van der Waals surface area contributed by atoms with Crippen LogP contribution in [0, 0.1) is 0 Å². The Morgan fingerprint density at radius 2 is 1.11 bits per heavy atom. The molecule has 0 aromatic carbocycles. The van der Waals surface area contributed by atoms with Crippen molar-refractivity contribution in [3.63, 3.8) is 0 Å². The molecule has 0 N–H and O–H groups in total. The van der Waals surface area contributed by atoms with E-state index in [1.165, 1.54) is 0 Å². The number of rotatable bonds is 8. The maximum absolute atomic E-state index is 6.55. The molecule has 0 spiro atoms. The molecule has 1 aromatic rings. The summed E-state index contributed by atoms with van der Waals surface area (Å²) in [6, 6.07) is 5.69. The quantitative estimate of drug-likeness (QED) is 0.372. The molecule has 2 unspecified atom stereocenters. The minimum Gasteiger partial charge on any atom is -0.474 e. The maximum atomic E-state index is 6.55. The summed E-state index contributed by atoms with van der Waals surface area (Å²) in [4.78, 5) is 14.4. The summed E-state index contributed by atoms with van der Waals surface area (Å²) in [6.07, 6.45) is -0.0329. The number of aliphatic imine (C=N–C) groups is 2. The van der Waals surface area contributed by atoms with Gasteiger partial charge in [-0.3, -0.25) is 0 Å². The fourth-order valence-electron chi connectivity index (χ4n) is 3.65. The molecule has 3 rings (SSSR count). The second-order valence-corrected chi connectivity index (χ2v) is 22.7. The Kier molecular flexibility index (Phi) is 8.30. The third kappa shape index (κ3) is 6.46. The van der Waals surface area contributed by atoms with Crippen molar-refractivity contribution in [1.29, 1.82) is 0 Å². The van der Waals surface area contributed by atoms with Crippen LogP contribution < -0.4 is 0 Å². The zero-order valence-corrected chi connectivity index (χ0v) is 26.4. The highest BCUT2D eigenvalue weighted by Gasteiger charge is 2.42. The van der Waals surface area contributed by atoms with E-state index in [2.05, 4.69) is 81.6 Å². The lowest BCUT2D eigenvalue weighted by atomic mass is 10.2. The molecule has 0 bridgehead atoms. The molecule has 36 heavy (non-hydrogen) atoms. The molecular weight excluding hydrogens is 486 g/mol. The molecule has 7 nitrogen and oxygen atoms in total. The largest absolute Gasteiger partial charge is 0.474 e. The van der Waals surface area contributed by atoms with Crippen molar-refractivity contribution < 1.29 is 18.3 Å². The summed E-state index contributed by atoms with van der Waals surface area (Å²) in [5, 5.41) is 0.298. The molecule has 0 radical (unpaired) electrons. The molecule has 4 atom stereocenters. The van der Waals surface area contributed by atoms with Gasteiger partial charge in [0.2, 0.25) is 11.8 Å². The van der Waals surface area contributed by atoms with E-state index >= 15 is 0 Å². The van der Waals surface area contributed by atoms with Crippen LogP contribution in [0.5, 0.6) is 0 Å². The number of pyridine rings is 1. The lowest BCUT2D eigenvalue weighted by molar-refractivity contribution is 0.151. The van der Waals surface area contributed by atoms with Crippen LogP contribution in [0.2, 0.25) is 36.3 Å². The molecule has 3 heterocycles. The lowest BCUT2D eigenvalue weighted by Gasteiger charge is -2.39. The van der Waals surface area contributed by atoms with Crippen molar-refractivity contribution in [1.82, 2.24) is 4.98 Å². The average Bonchev–Trinajstić information content (AvgIpc) is 3.42. The van der Waals surface area contributed by atoms with E-state index in [9.17, 15) is 0 Å². The van der Waals surface area contributed by atoms with Gasteiger partial charge in [0, 0.05) is 0 Å². The van der Waals surface area contributed by atoms with Crippen LogP contribution in [0.1, 0.15) is 66.8 Å². The van der Waals surface area contributed by atoms with Crippen molar-refractivity contribution in [2.45, 2.75) is 116 Å². The van der Waals surface area contributed by atoms with Gasteiger partial charge in [0.25, 0.3) is 0 Å². The highest BCUT2D eigenvalue weighted by atomic mass is 28.4. The monoisotopic (exact) mass is 533 g/mol. The molecular formula is C27H47N3O4Si2. The van der Waals surface area contributed by atoms with Gasteiger partial charge in [-0.05, 0) is 62.2 Å². The molecule has 202 valence electrons. The third-order valence-corrected chi connectivity index (χ3v) is 17.3. The Hall–Kier alpha value is -1.56. The van der Waals surface area contributed by atoms with Gasteiger partial charge in [-0.1, -0.05) is 47.6 Å². The Morgan fingerprint density at radius 3 is 1.44 bits per heavy atom. The maximum Gasteiger partial charge on any atom is 0.235 e. The first-order chi connectivity index (χ1) is 16.4. The molecule has 0 saturated heterocycles. The average molecular weight is 534 g/mol. The van der Waals surface area contributed by atoms with Crippen LogP contribution in [-0.2, 0) is 18.3 Å². The van der Waals surface area contributed by atoms with E-state index in [1.54, 1.807) is 0 Å². The second-order valence-electron chi connectivity index (χ2n) is 13.2. The first-order valence-electron chi connectivity index (χ1n) is 13.2. The van der Waals surface area contributed by atoms with Crippen molar-refractivity contribution >= 4 is 28.4 Å². The summed E-state index contributed by atoms with van der Waals surface area (Å²) in [5.41, 5.74) is 1.38. The first kappa shape index (κ1) is 29.0. The molecule has 9 heteroatoms. The molecule has 0 amide bonds. The van der Waals surface area contributed by atoms with Gasteiger partial charge in [0.1, 0.15) is 36.7 Å². The molecule has 1 aromatic heterocycles. The standard InChI is InChI=1S/C27H47N3O4Si2/c1-18(33-35(9,10)26(3,4)5)22-16-31-24(29-22)20-14-13-15-21(28-20)25-30-23(17-32-25)19(2)34-36(11,12)27(6,7)8/h13-15,18-19,22-23H,16-17H2,1-12H3/t18?,19?,22-,23-/m1/s1. The van der Waals surface area contributed by atoms with Gasteiger partial charge in [-0.2, -0.15) is 0 Å². The summed E-state index contributed by atoms with van der Waals surface area (Å²) in [5.74, 6) is 1.11. The summed E-state index contributed by atoms with van der Waals surface area (Å²) < 4.78 is 25.0. The Balaban J connectivity index is 1.71. The number of hydrogen-bond acceptors (Lipinski definition) is 7. The molecule has 0 saturated carbocycles. The smallest absolute Gasteiger partial charge is 0.235 e. The molecule has 2 aliphatic heterocycles. The van der Waals surface area contributed by atoms with Crippen molar-refractivity contribution in [2.24, 2.45) is 9.98 Å². The lowest BCUT2D eigenvalue weighted by Crippen LogP contribution is -2.46. The van der Waals surface area contributed by atoms with Gasteiger partial charge in [0.15, 0.2) is 16.6 Å². The normalized spacial score (nSPS) is 23.0. The van der Waals surface area contributed by atoms with E-state index in [-0.39, 0.29) is 34.4 Å².